The number of nitrogens with zero attached hydrogens (tertiary/aromatic N) is 2. The van der Waals surface area contributed by atoms with Gasteiger partial charge < -0.3 is 5.32 Å². The standard InChI is InChI=1S/C26H25F2N3/c27-24-7-4-19(5-8-24)13-26-15-23-14-25(28)9-6-22(23)18-31(26)11-10-30-17-21-3-1-2-20(12-21)16-29/h1-9,12,14,26,30H,10-11,13,15,17-18H2. The minimum atomic E-state index is -0.235. The molecule has 158 valence electrons. The molecule has 0 fully saturated rings. The number of nitriles is 1. The highest BCUT2D eigenvalue weighted by atomic mass is 19.1. The third-order valence-corrected chi connectivity index (χ3v) is 5.86. The molecule has 1 aliphatic rings. The van der Waals surface area contributed by atoms with Gasteiger partial charge in [0.1, 0.15) is 11.6 Å². The van der Waals surface area contributed by atoms with Gasteiger partial charge in [-0.25, -0.2) is 8.78 Å². The zero-order valence-corrected chi connectivity index (χ0v) is 17.3. The number of rotatable bonds is 7. The number of hydrogen-bond donors (Lipinski definition) is 1. The zero-order valence-electron chi connectivity index (χ0n) is 17.3. The number of benzene rings is 3. The molecule has 0 aromatic heterocycles. The molecule has 3 nitrogen and oxygen atoms in total. The molecular weight excluding hydrogens is 392 g/mol. The van der Waals surface area contributed by atoms with Gasteiger partial charge in [-0.1, -0.05) is 30.3 Å². The molecule has 1 N–H and O–H groups in total. The van der Waals surface area contributed by atoms with Crippen LogP contribution in [0.5, 0.6) is 0 Å². The Labute approximate surface area is 181 Å². The summed E-state index contributed by atoms with van der Waals surface area (Å²) in [5, 5.41) is 12.5. The summed E-state index contributed by atoms with van der Waals surface area (Å²) in [7, 11) is 0. The summed E-state index contributed by atoms with van der Waals surface area (Å²) >= 11 is 0. The van der Waals surface area contributed by atoms with Crippen LogP contribution in [-0.4, -0.2) is 24.0 Å². The number of hydrogen-bond acceptors (Lipinski definition) is 3. The first-order valence-corrected chi connectivity index (χ1v) is 10.6. The second-order valence-corrected chi connectivity index (χ2v) is 8.06. The normalized spacial score (nSPS) is 16.0. The predicted molar refractivity (Wildman–Crippen MR) is 117 cm³/mol. The fourth-order valence-corrected chi connectivity index (χ4v) is 4.23. The summed E-state index contributed by atoms with van der Waals surface area (Å²) in [6.07, 6.45) is 1.56. The summed E-state index contributed by atoms with van der Waals surface area (Å²) in [6.45, 7) is 3.12. The van der Waals surface area contributed by atoms with Crippen molar-refractivity contribution in [1.82, 2.24) is 10.2 Å². The summed E-state index contributed by atoms with van der Waals surface area (Å²) in [5.74, 6) is -0.435. The zero-order chi connectivity index (χ0) is 21.6. The van der Waals surface area contributed by atoms with E-state index in [4.69, 9.17) is 5.26 Å². The van der Waals surface area contributed by atoms with Crippen LogP contribution in [0.4, 0.5) is 8.78 Å². The number of halogens is 2. The van der Waals surface area contributed by atoms with Crippen molar-refractivity contribution in [3.05, 3.63) is 106 Å². The van der Waals surface area contributed by atoms with E-state index in [-0.39, 0.29) is 17.7 Å². The van der Waals surface area contributed by atoms with Crippen LogP contribution in [0.1, 0.15) is 27.8 Å². The Hall–Kier alpha value is -3.07. The lowest BCUT2D eigenvalue weighted by molar-refractivity contribution is 0.170. The minimum absolute atomic E-state index is 0.200. The van der Waals surface area contributed by atoms with Gasteiger partial charge in [0.25, 0.3) is 0 Å². The Morgan fingerprint density at radius 1 is 0.935 bits per heavy atom. The van der Waals surface area contributed by atoms with Crippen LogP contribution < -0.4 is 5.32 Å². The molecule has 0 bridgehead atoms. The van der Waals surface area contributed by atoms with E-state index in [0.29, 0.717) is 12.1 Å². The fraction of sp³-hybridized carbons (Fsp3) is 0.269. The van der Waals surface area contributed by atoms with Crippen molar-refractivity contribution in [3.8, 4) is 6.07 Å². The molecule has 1 aliphatic heterocycles. The van der Waals surface area contributed by atoms with Crippen LogP contribution in [0.25, 0.3) is 0 Å². The van der Waals surface area contributed by atoms with Gasteiger partial charge in [-0.3, -0.25) is 4.90 Å². The van der Waals surface area contributed by atoms with Crippen LogP contribution >= 0.6 is 0 Å². The summed E-state index contributed by atoms with van der Waals surface area (Å²) in [5.41, 5.74) is 5.06. The molecule has 3 aromatic carbocycles. The second kappa shape index (κ2) is 9.82. The van der Waals surface area contributed by atoms with Crippen molar-refractivity contribution in [2.75, 3.05) is 13.1 Å². The maximum absolute atomic E-state index is 13.8. The van der Waals surface area contributed by atoms with Crippen LogP contribution in [0.3, 0.4) is 0 Å². The van der Waals surface area contributed by atoms with Crippen LogP contribution in [-0.2, 0) is 25.9 Å². The van der Waals surface area contributed by atoms with Crippen molar-refractivity contribution in [3.63, 3.8) is 0 Å². The second-order valence-electron chi connectivity index (χ2n) is 8.06. The van der Waals surface area contributed by atoms with Gasteiger partial charge >= 0.3 is 0 Å². The first-order chi connectivity index (χ1) is 15.1. The smallest absolute Gasteiger partial charge is 0.123 e. The van der Waals surface area contributed by atoms with Gasteiger partial charge in [-0.2, -0.15) is 5.26 Å². The Morgan fingerprint density at radius 2 is 1.74 bits per heavy atom. The van der Waals surface area contributed by atoms with Crippen LogP contribution in [0.2, 0.25) is 0 Å². The quantitative estimate of drug-likeness (QED) is 0.572. The molecule has 3 aromatic rings. The van der Waals surface area contributed by atoms with E-state index < -0.39 is 0 Å². The third kappa shape index (κ3) is 5.55. The highest BCUT2D eigenvalue weighted by Crippen LogP contribution is 2.26. The maximum atomic E-state index is 13.8. The lowest BCUT2D eigenvalue weighted by Crippen LogP contribution is -2.44. The van der Waals surface area contributed by atoms with Crippen LogP contribution in [0, 0.1) is 23.0 Å². The average molecular weight is 418 g/mol. The van der Waals surface area contributed by atoms with E-state index in [9.17, 15) is 8.78 Å². The maximum Gasteiger partial charge on any atom is 0.123 e. The van der Waals surface area contributed by atoms with Gasteiger partial charge in [0, 0.05) is 32.2 Å². The van der Waals surface area contributed by atoms with Gasteiger partial charge in [-0.05, 0) is 71.5 Å². The van der Waals surface area contributed by atoms with Gasteiger partial charge in [-0.15, -0.1) is 0 Å². The number of nitrogens with one attached hydrogen (secondary N) is 1. The van der Waals surface area contributed by atoms with E-state index in [0.717, 1.165) is 49.2 Å². The molecule has 1 atom stereocenters. The SMILES string of the molecule is N#Cc1cccc(CNCCN2Cc3ccc(F)cc3CC2Cc2ccc(F)cc2)c1. The van der Waals surface area contributed by atoms with E-state index in [2.05, 4.69) is 16.3 Å². The monoisotopic (exact) mass is 417 g/mol. The Balaban J connectivity index is 1.41. The molecule has 0 saturated heterocycles. The van der Waals surface area contributed by atoms with E-state index >= 15 is 0 Å². The lowest BCUT2D eigenvalue weighted by atomic mass is 9.90. The predicted octanol–water partition coefficient (Wildman–Crippen LogP) is 4.60. The van der Waals surface area contributed by atoms with Gasteiger partial charge in [0.05, 0.1) is 11.6 Å². The van der Waals surface area contributed by atoms with Crippen molar-refractivity contribution in [2.45, 2.75) is 32.0 Å². The highest BCUT2D eigenvalue weighted by Gasteiger charge is 2.26. The van der Waals surface area contributed by atoms with Crippen molar-refractivity contribution in [1.29, 1.82) is 5.26 Å². The molecule has 0 aliphatic carbocycles. The molecule has 0 radical (unpaired) electrons. The van der Waals surface area contributed by atoms with E-state index in [1.807, 2.05) is 36.4 Å². The largest absolute Gasteiger partial charge is 0.311 e. The molecule has 5 heteroatoms. The molecule has 0 saturated carbocycles. The molecule has 4 rings (SSSR count). The minimum Gasteiger partial charge on any atom is -0.311 e. The molecule has 0 amide bonds. The Bertz CT molecular complexity index is 1070. The molecule has 1 unspecified atom stereocenters. The topological polar surface area (TPSA) is 39.1 Å². The fourth-order valence-electron chi connectivity index (χ4n) is 4.23. The summed E-state index contributed by atoms with van der Waals surface area (Å²) in [4.78, 5) is 2.42. The number of fused-ring (bicyclic) bond motifs is 1. The molecule has 0 spiro atoms. The molecular formula is C26H25F2N3. The first kappa shape index (κ1) is 21.2. The third-order valence-electron chi connectivity index (χ3n) is 5.86. The molecule has 31 heavy (non-hydrogen) atoms. The van der Waals surface area contributed by atoms with Crippen LogP contribution in [0.15, 0.2) is 66.7 Å². The summed E-state index contributed by atoms with van der Waals surface area (Å²) in [6, 6.07) is 21.7. The lowest BCUT2D eigenvalue weighted by Gasteiger charge is -2.37. The van der Waals surface area contributed by atoms with Crippen molar-refractivity contribution in [2.24, 2.45) is 0 Å². The van der Waals surface area contributed by atoms with Gasteiger partial charge in [0.15, 0.2) is 0 Å². The highest BCUT2D eigenvalue weighted by molar-refractivity contribution is 5.33. The van der Waals surface area contributed by atoms with Crippen molar-refractivity contribution < 1.29 is 8.78 Å². The average Bonchev–Trinajstić information content (AvgIpc) is 2.78. The molecule has 1 heterocycles. The first-order valence-electron chi connectivity index (χ1n) is 10.6. The van der Waals surface area contributed by atoms with Crippen molar-refractivity contribution >= 4 is 0 Å². The Kier molecular flexibility index (Phi) is 6.71. The van der Waals surface area contributed by atoms with E-state index in [1.165, 1.54) is 23.8 Å². The Morgan fingerprint density at radius 3 is 2.55 bits per heavy atom. The van der Waals surface area contributed by atoms with E-state index in [1.54, 1.807) is 12.1 Å². The van der Waals surface area contributed by atoms with Gasteiger partial charge in [0.2, 0.25) is 0 Å². The summed E-state index contributed by atoms with van der Waals surface area (Å²) < 4.78 is 27.1.